The van der Waals surface area contributed by atoms with Crippen LogP contribution in [0.3, 0.4) is 0 Å². The van der Waals surface area contributed by atoms with Crippen LogP contribution in [0.25, 0.3) is 0 Å². The molecule has 0 unspecified atom stereocenters. The van der Waals surface area contributed by atoms with E-state index < -0.39 is 7.12 Å². The van der Waals surface area contributed by atoms with E-state index in [9.17, 15) is 10.0 Å². The molecule has 0 aliphatic rings. The van der Waals surface area contributed by atoms with Gasteiger partial charge in [0.15, 0.2) is 0 Å². The minimum atomic E-state index is -1.42. The molecule has 0 saturated heterocycles. The number of aromatic nitrogens is 1. The number of nitrogens with zero attached hydrogens (tertiary/aromatic N) is 1. The van der Waals surface area contributed by atoms with E-state index in [1.165, 1.54) is 108 Å². The molecular weight excluding hydrogens is 429 g/mol. The normalized spacial score (nSPS) is 11.2. The predicted molar refractivity (Wildman–Crippen MR) is 151 cm³/mol. The van der Waals surface area contributed by atoms with Crippen LogP contribution in [0, 0.1) is 0 Å². The van der Waals surface area contributed by atoms with Crippen molar-refractivity contribution >= 4 is 12.6 Å². The summed E-state index contributed by atoms with van der Waals surface area (Å²) in [6.07, 6.45) is 26.5. The maximum Gasteiger partial charge on any atom is 0.488 e. The Hall–Kier alpha value is -1.65. The second kappa shape index (κ2) is 19.5. The lowest BCUT2D eigenvalue weighted by Crippen LogP contribution is -2.34. The standard InChI is InChI=1S/C31H50BNO2/c1-2-3-4-5-6-7-8-9-10-11-12-13-14-15-16-17-21-28-22-20-24-31(32(34)35)30(28)26-25-29-23-18-19-27-33-29/h18-20,22-24,27,34-35H,2-17,21,25-26H2,1H3. The fraction of sp³-hybridized carbons (Fsp3) is 0.645. The Bertz CT molecular complexity index is 766. The first-order valence-corrected chi connectivity index (χ1v) is 14.6. The molecule has 2 rings (SSSR count). The van der Waals surface area contributed by atoms with E-state index in [2.05, 4.69) is 18.0 Å². The van der Waals surface area contributed by atoms with E-state index in [-0.39, 0.29) is 0 Å². The van der Waals surface area contributed by atoms with Crippen molar-refractivity contribution in [3.8, 4) is 0 Å². The second-order valence-corrected chi connectivity index (χ2v) is 10.2. The van der Waals surface area contributed by atoms with Crippen LogP contribution in [0.5, 0.6) is 0 Å². The summed E-state index contributed by atoms with van der Waals surface area (Å²) in [5.74, 6) is 0. The number of aryl methyl sites for hydroxylation is 2. The molecule has 1 aromatic heterocycles. The summed E-state index contributed by atoms with van der Waals surface area (Å²) in [6.45, 7) is 2.29. The number of unbranched alkanes of at least 4 members (excludes halogenated alkanes) is 15. The van der Waals surface area contributed by atoms with Gasteiger partial charge in [-0.1, -0.05) is 128 Å². The van der Waals surface area contributed by atoms with E-state index >= 15 is 0 Å². The van der Waals surface area contributed by atoms with Gasteiger partial charge >= 0.3 is 7.12 Å². The zero-order chi connectivity index (χ0) is 25.0. The summed E-state index contributed by atoms with van der Waals surface area (Å²) >= 11 is 0. The maximum absolute atomic E-state index is 9.88. The molecule has 1 heterocycles. The topological polar surface area (TPSA) is 53.4 Å². The zero-order valence-electron chi connectivity index (χ0n) is 22.4. The Morgan fingerprint density at radius 1 is 0.600 bits per heavy atom. The van der Waals surface area contributed by atoms with Gasteiger partial charge in [0, 0.05) is 11.9 Å². The average molecular weight is 480 g/mol. The fourth-order valence-electron chi connectivity index (χ4n) is 5.10. The Labute approximate surface area is 215 Å². The van der Waals surface area contributed by atoms with Crippen LogP contribution >= 0.6 is 0 Å². The van der Waals surface area contributed by atoms with E-state index in [0.29, 0.717) is 5.46 Å². The van der Waals surface area contributed by atoms with Crippen molar-refractivity contribution in [2.75, 3.05) is 0 Å². The molecule has 1 aromatic carbocycles. The van der Waals surface area contributed by atoms with Crippen molar-refractivity contribution in [3.05, 3.63) is 59.4 Å². The lowest BCUT2D eigenvalue weighted by Gasteiger charge is -2.15. The first-order chi connectivity index (χ1) is 17.2. The molecular formula is C31H50BNO2. The monoisotopic (exact) mass is 479 g/mol. The van der Waals surface area contributed by atoms with Gasteiger partial charge in [0.1, 0.15) is 0 Å². The molecule has 2 N–H and O–H groups in total. The van der Waals surface area contributed by atoms with E-state index in [4.69, 9.17) is 0 Å². The van der Waals surface area contributed by atoms with Crippen molar-refractivity contribution in [3.63, 3.8) is 0 Å². The smallest absolute Gasteiger partial charge is 0.423 e. The van der Waals surface area contributed by atoms with Crippen LogP contribution in [0.4, 0.5) is 0 Å². The SMILES string of the molecule is CCCCCCCCCCCCCCCCCCc1cccc(B(O)O)c1CCc1ccccn1. The van der Waals surface area contributed by atoms with Gasteiger partial charge in [-0.3, -0.25) is 4.98 Å². The van der Waals surface area contributed by atoms with E-state index in [1.807, 2.05) is 36.5 Å². The third kappa shape index (κ3) is 13.3. The summed E-state index contributed by atoms with van der Waals surface area (Å²) in [5, 5.41) is 19.8. The quantitative estimate of drug-likeness (QED) is 0.145. The minimum absolute atomic E-state index is 0.648. The van der Waals surface area contributed by atoms with Gasteiger partial charge in [-0.2, -0.15) is 0 Å². The minimum Gasteiger partial charge on any atom is -0.423 e. The number of benzene rings is 1. The molecule has 3 nitrogen and oxygen atoms in total. The first kappa shape index (κ1) is 29.6. The Morgan fingerprint density at radius 2 is 1.17 bits per heavy atom. The molecule has 0 aliphatic carbocycles. The molecule has 0 fully saturated rings. The van der Waals surface area contributed by atoms with Crippen LogP contribution in [-0.2, 0) is 19.3 Å². The number of rotatable bonds is 21. The van der Waals surface area contributed by atoms with Crippen molar-refractivity contribution in [2.45, 2.75) is 129 Å². The Balaban J connectivity index is 1.56. The third-order valence-electron chi connectivity index (χ3n) is 7.24. The first-order valence-electron chi connectivity index (χ1n) is 14.6. The van der Waals surface area contributed by atoms with Crippen molar-refractivity contribution in [2.24, 2.45) is 0 Å². The molecule has 0 amide bonds. The summed E-state index contributed by atoms with van der Waals surface area (Å²) in [4.78, 5) is 4.42. The van der Waals surface area contributed by atoms with Crippen LogP contribution < -0.4 is 5.46 Å². The highest BCUT2D eigenvalue weighted by molar-refractivity contribution is 6.59. The largest absolute Gasteiger partial charge is 0.488 e. The molecule has 35 heavy (non-hydrogen) atoms. The lowest BCUT2D eigenvalue weighted by molar-refractivity contribution is 0.425. The highest BCUT2D eigenvalue weighted by Crippen LogP contribution is 2.17. The summed E-state index contributed by atoms with van der Waals surface area (Å²) < 4.78 is 0. The van der Waals surface area contributed by atoms with Crippen LogP contribution in [0.15, 0.2) is 42.6 Å². The van der Waals surface area contributed by atoms with Gasteiger partial charge in [-0.15, -0.1) is 0 Å². The van der Waals surface area contributed by atoms with Gasteiger partial charge in [0.2, 0.25) is 0 Å². The number of pyridine rings is 1. The Morgan fingerprint density at radius 3 is 1.69 bits per heavy atom. The highest BCUT2D eigenvalue weighted by atomic mass is 16.4. The van der Waals surface area contributed by atoms with Gasteiger partial charge in [-0.05, 0) is 54.4 Å². The van der Waals surface area contributed by atoms with Gasteiger partial charge < -0.3 is 10.0 Å². The van der Waals surface area contributed by atoms with Crippen molar-refractivity contribution in [1.82, 2.24) is 4.98 Å². The molecule has 0 saturated carbocycles. The highest BCUT2D eigenvalue weighted by Gasteiger charge is 2.18. The van der Waals surface area contributed by atoms with Crippen molar-refractivity contribution < 1.29 is 10.0 Å². The Kier molecular flexibility index (Phi) is 16.5. The summed E-state index contributed by atoms with van der Waals surface area (Å²) in [6, 6.07) is 11.9. The molecule has 0 atom stereocenters. The summed E-state index contributed by atoms with van der Waals surface area (Å²) in [5.41, 5.74) is 4.05. The molecule has 2 aromatic rings. The molecule has 0 aliphatic heterocycles. The van der Waals surface area contributed by atoms with Crippen molar-refractivity contribution in [1.29, 1.82) is 0 Å². The predicted octanol–water partition coefficient (Wildman–Crippen LogP) is 7.35. The average Bonchev–Trinajstić information content (AvgIpc) is 2.88. The molecule has 0 bridgehead atoms. The number of hydrogen-bond donors (Lipinski definition) is 2. The van der Waals surface area contributed by atoms with Gasteiger partial charge in [-0.25, -0.2) is 0 Å². The summed E-state index contributed by atoms with van der Waals surface area (Å²) in [7, 11) is -1.42. The molecule has 194 valence electrons. The van der Waals surface area contributed by atoms with E-state index in [0.717, 1.165) is 30.5 Å². The van der Waals surface area contributed by atoms with Gasteiger partial charge in [0.05, 0.1) is 0 Å². The zero-order valence-corrected chi connectivity index (χ0v) is 22.4. The lowest BCUT2D eigenvalue weighted by atomic mass is 9.74. The number of hydrogen-bond acceptors (Lipinski definition) is 3. The van der Waals surface area contributed by atoms with Crippen LogP contribution in [0.2, 0.25) is 0 Å². The molecule has 0 spiro atoms. The van der Waals surface area contributed by atoms with Gasteiger partial charge in [0.25, 0.3) is 0 Å². The third-order valence-corrected chi connectivity index (χ3v) is 7.24. The van der Waals surface area contributed by atoms with E-state index in [1.54, 1.807) is 0 Å². The molecule has 4 heteroatoms. The maximum atomic E-state index is 9.88. The molecule has 0 radical (unpaired) electrons. The van der Waals surface area contributed by atoms with Crippen LogP contribution in [0.1, 0.15) is 126 Å². The van der Waals surface area contributed by atoms with Crippen LogP contribution in [-0.4, -0.2) is 22.2 Å². The second-order valence-electron chi connectivity index (χ2n) is 10.2. The fourth-order valence-corrected chi connectivity index (χ4v) is 5.10.